The van der Waals surface area contributed by atoms with Gasteiger partial charge in [-0.3, -0.25) is 4.79 Å². The van der Waals surface area contributed by atoms with Gasteiger partial charge in [-0.1, -0.05) is 25.1 Å². The Balaban J connectivity index is 1.55. The number of ether oxygens (including phenoxy) is 3. The SMILES string of the molecule is CCCOc1ccc([C@H]2CC(=O)Nc3c2c(C)nn3-c2nncc(-c3cccc(OC)c3)n2)cc1OC. The molecule has 10 nitrogen and oxygen atoms in total. The summed E-state index contributed by atoms with van der Waals surface area (Å²) in [4.78, 5) is 17.5. The van der Waals surface area contributed by atoms with Gasteiger partial charge in [0.05, 0.1) is 38.4 Å². The van der Waals surface area contributed by atoms with Crippen LogP contribution in [0.5, 0.6) is 17.2 Å². The van der Waals surface area contributed by atoms with Crippen LogP contribution in [0.15, 0.2) is 48.7 Å². The highest BCUT2D eigenvalue weighted by atomic mass is 16.5. The van der Waals surface area contributed by atoms with E-state index in [0.717, 1.165) is 28.8 Å². The van der Waals surface area contributed by atoms with Crippen LogP contribution in [-0.4, -0.2) is 51.7 Å². The number of fused-ring (bicyclic) bond motifs is 1. The smallest absolute Gasteiger partial charge is 0.272 e. The zero-order valence-corrected chi connectivity index (χ0v) is 21.2. The molecule has 1 aliphatic rings. The number of rotatable bonds is 8. The quantitative estimate of drug-likeness (QED) is 0.381. The molecule has 190 valence electrons. The lowest BCUT2D eigenvalue weighted by molar-refractivity contribution is -0.116. The normalized spacial score (nSPS) is 14.6. The molecule has 1 amide bonds. The molecule has 0 spiro atoms. The maximum Gasteiger partial charge on any atom is 0.272 e. The summed E-state index contributed by atoms with van der Waals surface area (Å²) in [6.45, 7) is 4.56. The van der Waals surface area contributed by atoms with Gasteiger partial charge >= 0.3 is 0 Å². The van der Waals surface area contributed by atoms with E-state index in [9.17, 15) is 4.79 Å². The Labute approximate surface area is 214 Å². The van der Waals surface area contributed by atoms with Gasteiger partial charge in [-0.05, 0) is 43.2 Å². The van der Waals surface area contributed by atoms with E-state index < -0.39 is 0 Å². The van der Waals surface area contributed by atoms with Crippen LogP contribution in [-0.2, 0) is 4.79 Å². The van der Waals surface area contributed by atoms with E-state index in [1.165, 1.54) is 0 Å². The molecule has 0 aliphatic carbocycles. The maximum atomic E-state index is 12.8. The molecule has 0 radical (unpaired) electrons. The van der Waals surface area contributed by atoms with E-state index >= 15 is 0 Å². The van der Waals surface area contributed by atoms with Crippen molar-refractivity contribution < 1.29 is 19.0 Å². The minimum Gasteiger partial charge on any atom is -0.497 e. The summed E-state index contributed by atoms with van der Waals surface area (Å²) in [7, 11) is 3.22. The summed E-state index contributed by atoms with van der Waals surface area (Å²) in [5.74, 6) is 2.46. The minimum absolute atomic E-state index is 0.124. The Morgan fingerprint density at radius 1 is 1.11 bits per heavy atom. The van der Waals surface area contributed by atoms with E-state index in [-0.39, 0.29) is 24.2 Å². The Bertz CT molecular complexity index is 1450. The van der Waals surface area contributed by atoms with Gasteiger partial charge in [-0.2, -0.15) is 14.9 Å². The molecule has 37 heavy (non-hydrogen) atoms. The number of methoxy groups -OCH3 is 2. The Hall–Kier alpha value is -4.47. The van der Waals surface area contributed by atoms with Gasteiger partial charge in [0, 0.05) is 23.5 Å². The van der Waals surface area contributed by atoms with Crippen molar-refractivity contribution in [3.05, 3.63) is 65.5 Å². The second-order valence-electron chi connectivity index (χ2n) is 8.70. The van der Waals surface area contributed by atoms with E-state index in [2.05, 4.69) is 27.4 Å². The number of aryl methyl sites for hydroxylation is 1. The topological polar surface area (TPSA) is 113 Å². The molecule has 1 aliphatic heterocycles. The minimum atomic E-state index is -0.221. The van der Waals surface area contributed by atoms with Crippen LogP contribution in [0.1, 0.15) is 42.5 Å². The molecular formula is C27H28N6O4. The van der Waals surface area contributed by atoms with Crippen LogP contribution in [0.25, 0.3) is 17.2 Å². The number of anilines is 1. The van der Waals surface area contributed by atoms with Crippen molar-refractivity contribution in [3.8, 4) is 34.5 Å². The van der Waals surface area contributed by atoms with Crippen LogP contribution >= 0.6 is 0 Å². The highest BCUT2D eigenvalue weighted by molar-refractivity contribution is 5.95. The number of hydrogen-bond acceptors (Lipinski definition) is 8. The van der Waals surface area contributed by atoms with Crippen LogP contribution < -0.4 is 19.5 Å². The average Bonchev–Trinajstić information content (AvgIpc) is 3.27. The molecule has 5 rings (SSSR count). The highest BCUT2D eigenvalue weighted by Crippen LogP contribution is 2.42. The lowest BCUT2D eigenvalue weighted by atomic mass is 9.85. The Morgan fingerprint density at radius 3 is 2.76 bits per heavy atom. The summed E-state index contributed by atoms with van der Waals surface area (Å²) in [6.07, 6.45) is 2.75. The van der Waals surface area contributed by atoms with Gasteiger partial charge in [0.1, 0.15) is 11.6 Å². The van der Waals surface area contributed by atoms with E-state index in [1.54, 1.807) is 25.1 Å². The summed E-state index contributed by atoms with van der Waals surface area (Å²) >= 11 is 0. The van der Waals surface area contributed by atoms with Gasteiger partial charge in [0.25, 0.3) is 5.95 Å². The number of nitrogens with zero attached hydrogens (tertiary/aromatic N) is 5. The lowest BCUT2D eigenvalue weighted by Gasteiger charge is -2.25. The lowest BCUT2D eigenvalue weighted by Crippen LogP contribution is -2.25. The summed E-state index contributed by atoms with van der Waals surface area (Å²) in [5, 5.41) is 16.0. The number of carbonyl (C=O) groups is 1. The van der Waals surface area contributed by atoms with Crippen molar-refractivity contribution in [3.63, 3.8) is 0 Å². The van der Waals surface area contributed by atoms with E-state index in [0.29, 0.717) is 35.4 Å². The Kier molecular flexibility index (Phi) is 6.72. The Morgan fingerprint density at radius 2 is 1.97 bits per heavy atom. The monoisotopic (exact) mass is 500 g/mol. The zero-order valence-electron chi connectivity index (χ0n) is 21.2. The standard InChI is InChI=1S/C27H28N6O4/c1-5-11-37-22-10-9-17(13-23(22)36-4)20-14-24(34)30-26-25(20)16(2)32-33(26)27-29-21(15-28-31-27)18-7-6-8-19(12-18)35-3/h6-10,12-13,15,20H,5,11,14H2,1-4H3,(H,30,34)/t20-/m1/s1. The van der Waals surface area contributed by atoms with Crippen molar-refractivity contribution in [2.24, 2.45) is 0 Å². The van der Waals surface area contributed by atoms with Crippen LogP contribution in [0, 0.1) is 6.92 Å². The highest BCUT2D eigenvalue weighted by Gasteiger charge is 2.34. The second-order valence-corrected chi connectivity index (χ2v) is 8.70. The molecule has 3 heterocycles. The first-order valence-electron chi connectivity index (χ1n) is 12.1. The third-order valence-corrected chi connectivity index (χ3v) is 6.26. The molecular weight excluding hydrogens is 472 g/mol. The number of carbonyl (C=O) groups excluding carboxylic acids is 1. The molecule has 4 aromatic rings. The molecule has 0 saturated heterocycles. The van der Waals surface area contributed by atoms with E-state index in [1.807, 2.05) is 49.4 Å². The summed E-state index contributed by atoms with van der Waals surface area (Å²) < 4.78 is 18.3. The number of aromatic nitrogens is 5. The summed E-state index contributed by atoms with van der Waals surface area (Å²) in [6, 6.07) is 13.3. The van der Waals surface area contributed by atoms with Crippen LogP contribution in [0.3, 0.4) is 0 Å². The second kappa shape index (κ2) is 10.3. The van der Waals surface area contributed by atoms with Crippen molar-refractivity contribution >= 4 is 11.7 Å². The van der Waals surface area contributed by atoms with Gasteiger partial charge < -0.3 is 19.5 Å². The fourth-order valence-corrected chi connectivity index (χ4v) is 4.51. The van der Waals surface area contributed by atoms with E-state index in [4.69, 9.17) is 19.3 Å². The molecule has 0 saturated carbocycles. The fraction of sp³-hybridized carbons (Fsp3) is 0.296. The average molecular weight is 501 g/mol. The molecule has 0 fully saturated rings. The first-order chi connectivity index (χ1) is 18.0. The molecule has 2 aromatic carbocycles. The van der Waals surface area contributed by atoms with Crippen molar-refractivity contribution in [2.45, 2.75) is 32.6 Å². The molecule has 0 bridgehead atoms. The van der Waals surface area contributed by atoms with Gasteiger partial charge in [-0.25, -0.2) is 4.98 Å². The first-order valence-corrected chi connectivity index (χ1v) is 12.1. The predicted molar refractivity (Wildman–Crippen MR) is 138 cm³/mol. The van der Waals surface area contributed by atoms with Crippen LogP contribution in [0.4, 0.5) is 5.82 Å². The van der Waals surface area contributed by atoms with Crippen molar-refractivity contribution in [1.29, 1.82) is 0 Å². The maximum absolute atomic E-state index is 12.8. The molecule has 1 atom stereocenters. The third-order valence-electron chi connectivity index (χ3n) is 6.26. The third kappa shape index (κ3) is 4.69. The van der Waals surface area contributed by atoms with Crippen molar-refractivity contribution in [2.75, 3.05) is 26.1 Å². The fourth-order valence-electron chi connectivity index (χ4n) is 4.51. The first kappa shape index (κ1) is 24.2. The van der Waals surface area contributed by atoms with Gasteiger partial charge in [0.15, 0.2) is 11.5 Å². The van der Waals surface area contributed by atoms with Crippen LogP contribution in [0.2, 0.25) is 0 Å². The molecule has 0 unspecified atom stereocenters. The van der Waals surface area contributed by atoms with Gasteiger partial charge in [-0.15, -0.1) is 5.10 Å². The molecule has 10 heteroatoms. The largest absolute Gasteiger partial charge is 0.497 e. The van der Waals surface area contributed by atoms with Crippen molar-refractivity contribution in [1.82, 2.24) is 25.0 Å². The summed E-state index contributed by atoms with van der Waals surface area (Å²) in [5.41, 5.74) is 4.04. The predicted octanol–water partition coefficient (Wildman–Crippen LogP) is 4.31. The molecule has 1 N–H and O–H groups in total. The van der Waals surface area contributed by atoms with Gasteiger partial charge in [0.2, 0.25) is 5.91 Å². The number of nitrogens with one attached hydrogen (secondary N) is 1. The zero-order chi connectivity index (χ0) is 25.9. The number of hydrogen-bond donors (Lipinski definition) is 1. The number of amides is 1. The number of benzene rings is 2. The molecule has 2 aromatic heterocycles.